The molecule has 5 nitrogen and oxygen atoms in total. The van der Waals surface area contributed by atoms with Crippen molar-refractivity contribution in [1.29, 1.82) is 0 Å². The van der Waals surface area contributed by atoms with Crippen molar-refractivity contribution in [3.63, 3.8) is 0 Å². The number of benzene rings is 2. The Hall–Kier alpha value is -2.83. The second-order valence-corrected chi connectivity index (χ2v) is 9.58. The number of aromatic nitrogens is 3. The van der Waals surface area contributed by atoms with E-state index in [9.17, 15) is 5.11 Å². The molecule has 2 aromatic heterocycles. The van der Waals surface area contributed by atoms with Crippen LogP contribution in [0.25, 0.3) is 20.9 Å². The van der Waals surface area contributed by atoms with Crippen LogP contribution in [0, 0.1) is 0 Å². The predicted octanol–water partition coefficient (Wildman–Crippen LogP) is 5.12. The van der Waals surface area contributed by atoms with E-state index in [4.69, 9.17) is 15.0 Å². The Morgan fingerprint density at radius 2 is 1.55 bits per heavy atom. The third-order valence-electron chi connectivity index (χ3n) is 6.42. The molecule has 2 aromatic carbocycles. The van der Waals surface area contributed by atoms with Crippen LogP contribution in [0.4, 0.5) is 5.82 Å². The zero-order valence-electron chi connectivity index (χ0n) is 17.2. The van der Waals surface area contributed by atoms with Crippen molar-refractivity contribution in [2.45, 2.75) is 37.2 Å². The van der Waals surface area contributed by atoms with Crippen molar-refractivity contribution in [3.05, 3.63) is 72.1 Å². The minimum atomic E-state index is -0.777. The highest BCUT2D eigenvalue weighted by Crippen LogP contribution is 2.42. The molecule has 1 N–H and O–H groups in total. The first-order valence-corrected chi connectivity index (χ1v) is 11.8. The van der Waals surface area contributed by atoms with Crippen LogP contribution in [-0.2, 0) is 5.60 Å². The Labute approximate surface area is 185 Å². The van der Waals surface area contributed by atoms with E-state index in [1.54, 1.807) is 11.3 Å². The van der Waals surface area contributed by atoms with Crippen LogP contribution >= 0.6 is 11.3 Å². The molecule has 2 fully saturated rings. The van der Waals surface area contributed by atoms with Gasteiger partial charge in [-0.15, -0.1) is 0 Å². The molecule has 0 atom stereocenters. The zero-order valence-corrected chi connectivity index (χ0v) is 18.1. The van der Waals surface area contributed by atoms with Crippen molar-refractivity contribution in [3.8, 4) is 10.6 Å². The molecule has 6 heteroatoms. The summed E-state index contributed by atoms with van der Waals surface area (Å²) in [6, 6.07) is 20.3. The molecule has 4 aromatic rings. The van der Waals surface area contributed by atoms with Gasteiger partial charge in [-0.2, -0.15) is 0 Å². The lowest BCUT2D eigenvalue weighted by Crippen LogP contribution is -2.43. The van der Waals surface area contributed by atoms with Gasteiger partial charge >= 0.3 is 0 Å². The van der Waals surface area contributed by atoms with Crippen LogP contribution in [0.3, 0.4) is 0 Å². The van der Waals surface area contributed by atoms with Crippen LogP contribution in [0.2, 0.25) is 0 Å². The summed E-state index contributed by atoms with van der Waals surface area (Å²) in [6.45, 7) is 1.50. The summed E-state index contributed by atoms with van der Waals surface area (Å²) in [7, 11) is 0. The van der Waals surface area contributed by atoms with Gasteiger partial charge in [0.25, 0.3) is 0 Å². The van der Waals surface area contributed by atoms with Crippen LogP contribution in [-0.4, -0.2) is 33.1 Å². The highest BCUT2D eigenvalue weighted by molar-refractivity contribution is 7.21. The van der Waals surface area contributed by atoms with Gasteiger partial charge < -0.3 is 10.0 Å². The largest absolute Gasteiger partial charge is 0.385 e. The van der Waals surface area contributed by atoms with Crippen molar-refractivity contribution >= 4 is 27.5 Å². The topological polar surface area (TPSA) is 62.1 Å². The second-order valence-electron chi connectivity index (χ2n) is 8.60. The van der Waals surface area contributed by atoms with Crippen LogP contribution < -0.4 is 4.90 Å². The molecule has 6 rings (SSSR count). The van der Waals surface area contributed by atoms with Gasteiger partial charge in [0.2, 0.25) is 0 Å². The summed E-state index contributed by atoms with van der Waals surface area (Å²) in [5, 5.41) is 12.2. The lowest BCUT2D eigenvalue weighted by Gasteiger charge is -2.39. The third kappa shape index (κ3) is 3.50. The molecular formula is C25H24N4OS. The monoisotopic (exact) mass is 428 g/mol. The van der Waals surface area contributed by atoms with Gasteiger partial charge in [-0.3, -0.25) is 0 Å². The molecule has 0 bridgehead atoms. The molecule has 3 heterocycles. The smallest absolute Gasteiger partial charge is 0.159 e. The fourth-order valence-electron chi connectivity index (χ4n) is 4.40. The SMILES string of the molecule is OC1(c2ccccc2)CCN(c2nc(C3CC3)nc3sc(-c4ccccc4)nc23)CC1. The highest BCUT2D eigenvalue weighted by Gasteiger charge is 2.36. The first-order valence-electron chi connectivity index (χ1n) is 11.0. The molecule has 0 spiro atoms. The molecule has 1 saturated heterocycles. The molecule has 1 aliphatic carbocycles. The molecule has 0 amide bonds. The first-order chi connectivity index (χ1) is 15.2. The van der Waals surface area contributed by atoms with Crippen molar-refractivity contribution < 1.29 is 5.11 Å². The molecular weight excluding hydrogens is 404 g/mol. The van der Waals surface area contributed by atoms with E-state index >= 15 is 0 Å². The minimum absolute atomic E-state index is 0.483. The number of piperidine rings is 1. The van der Waals surface area contributed by atoms with E-state index in [1.807, 2.05) is 48.5 Å². The van der Waals surface area contributed by atoms with E-state index in [0.717, 1.165) is 51.2 Å². The van der Waals surface area contributed by atoms with Crippen LogP contribution in [0.15, 0.2) is 60.7 Å². The van der Waals surface area contributed by atoms with Gasteiger partial charge in [0.05, 0.1) is 5.60 Å². The average molecular weight is 429 g/mol. The third-order valence-corrected chi connectivity index (χ3v) is 7.42. The molecule has 1 aliphatic heterocycles. The van der Waals surface area contributed by atoms with Crippen molar-refractivity contribution in [1.82, 2.24) is 15.0 Å². The Morgan fingerprint density at radius 3 is 2.23 bits per heavy atom. The summed E-state index contributed by atoms with van der Waals surface area (Å²) in [6.07, 6.45) is 3.69. The number of fused-ring (bicyclic) bond motifs is 1. The Kier molecular flexibility index (Phi) is 4.51. The molecule has 31 heavy (non-hydrogen) atoms. The number of thiazole rings is 1. The number of anilines is 1. The Bertz CT molecular complexity index is 1210. The van der Waals surface area contributed by atoms with Crippen molar-refractivity contribution in [2.75, 3.05) is 18.0 Å². The zero-order chi connectivity index (χ0) is 20.8. The summed E-state index contributed by atoms with van der Waals surface area (Å²) in [4.78, 5) is 18.1. The van der Waals surface area contributed by atoms with Gasteiger partial charge in [-0.25, -0.2) is 15.0 Å². The Morgan fingerprint density at radius 1 is 0.871 bits per heavy atom. The Balaban J connectivity index is 1.36. The molecule has 2 aliphatic rings. The molecule has 0 radical (unpaired) electrons. The normalized spacial score (nSPS) is 18.4. The number of rotatable bonds is 4. The minimum Gasteiger partial charge on any atom is -0.385 e. The van der Waals surface area contributed by atoms with Crippen LogP contribution in [0.1, 0.15) is 43.0 Å². The van der Waals surface area contributed by atoms with E-state index in [2.05, 4.69) is 17.0 Å². The fraction of sp³-hybridized carbons (Fsp3) is 0.320. The number of nitrogens with zero attached hydrogens (tertiary/aromatic N) is 4. The molecule has 1 saturated carbocycles. The second kappa shape index (κ2) is 7.39. The van der Waals surface area contributed by atoms with Gasteiger partial charge in [-0.05, 0) is 31.2 Å². The van der Waals surface area contributed by atoms with E-state index in [0.29, 0.717) is 18.8 Å². The van der Waals surface area contributed by atoms with E-state index in [-0.39, 0.29) is 0 Å². The maximum Gasteiger partial charge on any atom is 0.159 e. The predicted molar refractivity (Wildman–Crippen MR) is 124 cm³/mol. The lowest BCUT2D eigenvalue weighted by molar-refractivity contribution is 0.0117. The molecule has 156 valence electrons. The van der Waals surface area contributed by atoms with Gasteiger partial charge in [0.1, 0.15) is 21.2 Å². The van der Waals surface area contributed by atoms with Gasteiger partial charge in [-0.1, -0.05) is 72.0 Å². The van der Waals surface area contributed by atoms with Gasteiger partial charge in [0, 0.05) is 24.6 Å². The maximum atomic E-state index is 11.3. The maximum absolute atomic E-state index is 11.3. The van der Waals surface area contributed by atoms with Crippen LogP contribution in [0.5, 0.6) is 0 Å². The highest BCUT2D eigenvalue weighted by atomic mass is 32.1. The van der Waals surface area contributed by atoms with Gasteiger partial charge in [0.15, 0.2) is 5.82 Å². The summed E-state index contributed by atoms with van der Waals surface area (Å²) >= 11 is 1.65. The summed E-state index contributed by atoms with van der Waals surface area (Å²) in [5.74, 6) is 2.37. The standard InChI is InChI=1S/C25H24N4OS/c30-25(19-9-5-2-6-10-19)13-15-29(16-14-25)22-20-24(28-21(27-22)17-11-12-17)31-23(26-20)18-7-3-1-4-8-18/h1-10,17,30H,11-16H2. The quantitative estimate of drug-likeness (QED) is 0.489. The number of hydrogen-bond donors (Lipinski definition) is 1. The summed E-state index contributed by atoms with van der Waals surface area (Å²) < 4.78 is 0. The fourth-order valence-corrected chi connectivity index (χ4v) is 5.35. The average Bonchev–Trinajstić information content (AvgIpc) is 3.59. The molecule has 0 unspecified atom stereocenters. The lowest BCUT2D eigenvalue weighted by atomic mass is 9.84. The van der Waals surface area contributed by atoms with E-state index < -0.39 is 5.60 Å². The number of aliphatic hydroxyl groups is 1. The number of hydrogen-bond acceptors (Lipinski definition) is 6. The first kappa shape index (κ1) is 18.9. The van der Waals surface area contributed by atoms with E-state index in [1.165, 1.54) is 12.8 Å². The summed E-state index contributed by atoms with van der Waals surface area (Å²) in [5.41, 5.74) is 2.22. The van der Waals surface area contributed by atoms with Crippen molar-refractivity contribution in [2.24, 2.45) is 0 Å².